The highest BCUT2D eigenvalue weighted by Crippen LogP contribution is 2.16. The van der Waals surface area contributed by atoms with Crippen molar-refractivity contribution in [1.29, 1.82) is 0 Å². The van der Waals surface area contributed by atoms with Crippen molar-refractivity contribution in [3.63, 3.8) is 0 Å². The standard InChI is InChI=1S/C13H24N4/c1-11-7-14-13(15-11)10-17(3)9-12-5-4-6-16(2)8-12/h7,12H,4-6,8-10H2,1-3H3,(H,14,15)/t12-/m1/s1. The number of nitrogens with zero attached hydrogens (tertiary/aromatic N) is 3. The lowest BCUT2D eigenvalue weighted by Crippen LogP contribution is -2.37. The molecule has 0 aliphatic carbocycles. The molecular formula is C13H24N4. The molecule has 1 N–H and O–H groups in total. The Labute approximate surface area is 104 Å². The van der Waals surface area contributed by atoms with Gasteiger partial charge in [-0.15, -0.1) is 0 Å². The minimum atomic E-state index is 0.815. The molecule has 2 rings (SSSR count). The van der Waals surface area contributed by atoms with Crippen molar-refractivity contribution in [3.05, 3.63) is 17.7 Å². The van der Waals surface area contributed by atoms with Crippen molar-refractivity contribution in [1.82, 2.24) is 19.8 Å². The molecule has 1 saturated heterocycles. The Hall–Kier alpha value is -0.870. The summed E-state index contributed by atoms with van der Waals surface area (Å²) in [4.78, 5) is 12.5. The molecule has 1 atom stereocenters. The third kappa shape index (κ3) is 3.82. The summed E-state index contributed by atoms with van der Waals surface area (Å²) < 4.78 is 0. The van der Waals surface area contributed by atoms with Gasteiger partial charge in [0.2, 0.25) is 0 Å². The van der Waals surface area contributed by atoms with E-state index in [1.165, 1.54) is 32.5 Å². The van der Waals surface area contributed by atoms with E-state index in [1.54, 1.807) is 0 Å². The van der Waals surface area contributed by atoms with Gasteiger partial charge in [0.25, 0.3) is 0 Å². The van der Waals surface area contributed by atoms with Gasteiger partial charge in [0.05, 0.1) is 6.54 Å². The molecule has 0 spiro atoms. The molecule has 2 heterocycles. The number of H-pyrrole nitrogens is 1. The van der Waals surface area contributed by atoms with Gasteiger partial charge in [0.15, 0.2) is 0 Å². The Morgan fingerprint density at radius 3 is 3.06 bits per heavy atom. The number of imidazole rings is 1. The fourth-order valence-electron chi connectivity index (χ4n) is 2.73. The van der Waals surface area contributed by atoms with Gasteiger partial charge < -0.3 is 9.88 Å². The number of hydrogen-bond donors (Lipinski definition) is 1. The maximum Gasteiger partial charge on any atom is 0.120 e. The summed E-state index contributed by atoms with van der Waals surface area (Å²) >= 11 is 0. The van der Waals surface area contributed by atoms with Gasteiger partial charge in [-0.1, -0.05) is 0 Å². The number of nitrogens with one attached hydrogen (secondary N) is 1. The molecule has 1 aliphatic rings. The zero-order chi connectivity index (χ0) is 12.3. The van der Waals surface area contributed by atoms with E-state index in [-0.39, 0.29) is 0 Å². The topological polar surface area (TPSA) is 35.2 Å². The van der Waals surface area contributed by atoms with Crippen LogP contribution < -0.4 is 0 Å². The number of likely N-dealkylation sites (tertiary alicyclic amines) is 1. The van der Waals surface area contributed by atoms with E-state index >= 15 is 0 Å². The summed E-state index contributed by atoms with van der Waals surface area (Å²) in [6.07, 6.45) is 4.61. The molecule has 1 aromatic heterocycles. The number of hydrogen-bond acceptors (Lipinski definition) is 3. The zero-order valence-electron chi connectivity index (χ0n) is 11.2. The Balaban J connectivity index is 1.78. The molecule has 96 valence electrons. The van der Waals surface area contributed by atoms with Crippen LogP contribution in [0.1, 0.15) is 24.4 Å². The maximum absolute atomic E-state index is 4.36. The van der Waals surface area contributed by atoms with Crippen LogP contribution in [0.15, 0.2) is 6.20 Å². The molecule has 0 unspecified atom stereocenters. The van der Waals surface area contributed by atoms with Crippen LogP contribution in [0.2, 0.25) is 0 Å². The summed E-state index contributed by atoms with van der Waals surface area (Å²) in [6, 6.07) is 0. The predicted molar refractivity (Wildman–Crippen MR) is 69.9 cm³/mol. The van der Waals surface area contributed by atoms with Crippen LogP contribution in [0.4, 0.5) is 0 Å². The molecule has 4 nitrogen and oxygen atoms in total. The van der Waals surface area contributed by atoms with E-state index in [2.05, 4.69) is 33.9 Å². The quantitative estimate of drug-likeness (QED) is 0.860. The molecule has 0 amide bonds. The van der Waals surface area contributed by atoms with E-state index in [0.29, 0.717) is 0 Å². The van der Waals surface area contributed by atoms with E-state index in [9.17, 15) is 0 Å². The summed E-state index contributed by atoms with van der Waals surface area (Å²) in [6.45, 7) is 6.64. The third-order valence-electron chi connectivity index (χ3n) is 3.47. The number of piperidine rings is 1. The first-order chi connectivity index (χ1) is 8.13. The first-order valence-corrected chi connectivity index (χ1v) is 6.51. The van der Waals surface area contributed by atoms with Crippen molar-refractivity contribution >= 4 is 0 Å². The second-order valence-electron chi connectivity index (χ2n) is 5.48. The minimum absolute atomic E-state index is 0.815. The van der Waals surface area contributed by atoms with Crippen LogP contribution in [-0.4, -0.2) is 53.5 Å². The van der Waals surface area contributed by atoms with Gasteiger partial charge in [0, 0.05) is 25.0 Å². The molecule has 1 aromatic rings. The molecular weight excluding hydrogens is 212 g/mol. The highest BCUT2D eigenvalue weighted by Gasteiger charge is 2.18. The van der Waals surface area contributed by atoms with Crippen molar-refractivity contribution in [2.75, 3.05) is 33.7 Å². The van der Waals surface area contributed by atoms with Gasteiger partial charge in [-0.3, -0.25) is 4.90 Å². The molecule has 17 heavy (non-hydrogen) atoms. The second-order valence-corrected chi connectivity index (χ2v) is 5.48. The summed E-state index contributed by atoms with van der Waals surface area (Å²) in [7, 11) is 4.41. The Morgan fingerprint density at radius 2 is 2.41 bits per heavy atom. The Morgan fingerprint density at radius 1 is 1.59 bits per heavy atom. The smallest absolute Gasteiger partial charge is 0.120 e. The van der Waals surface area contributed by atoms with Crippen LogP contribution in [-0.2, 0) is 6.54 Å². The van der Waals surface area contributed by atoms with Gasteiger partial charge in [0.1, 0.15) is 5.82 Å². The molecule has 0 saturated carbocycles. The van der Waals surface area contributed by atoms with E-state index < -0.39 is 0 Å². The number of aryl methyl sites for hydroxylation is 1. The Kier molecular flexibility index (Phi) is 4.18. The van der Waals surface area contributed by atoms with Gasteiger partial charge in [-0.05, 0) is 46.3 Å². The molecule has 1 fully saturated rings. The monoisotopic (exact) mass is 236 g/mol. The number of aromatic amines is 1. The van der Waals surface area contributed by atoms with Gasteiger partial charge in [-0.25, -0.2) is 4.98 Å². The van der Waals surface area contributed by atoms with E-state index in [1.807, 2.05) is 13.1 Å². The second kappa shape index (κ2) is 5.65. The van der Waals surface area contributed by atoms with Gasteiger partial charge >= 0.3 is 0 Å². The maximum atomic E-state index is 4.36. The number of rotatable bonds is 4. The lowest BCUT2D eigenvalue weighted by molar-refractivity contribution is 0.162. The van der Waals surface area contributed by atoms with Gasteiger partial charge in [-0.2, -0.15) is 0 Å². The van der Waals surface area contributed by atoms with Crippen molar-refractivity contribution in [3.8, 4) is 0 Å². The summed E-state index contributed by atoms with van der Waals surface area (Å²) in [5, 5.41) is 0. The first-order valence-electron chi connectivity index (χ1n) is 6.51. The van der Waals surface area contributed by atoms with Crippen LogP contribution in [0.25, 0.3) is 0 Å². The van der Waals surface area contributed by atoms with Crippen molar-refractivity contribution < 1.29 is 0 Å². The van der Waals surface area contributed by atoms with Crippen LogP contribution in [0.5, 0.6) is 0 Å². The lowest BCUT2D eigenvalue weighted by atomic mass is 9.98. The average molecular weight is 236 g/mol. The molecule has 0 bridgehead atoms. The molecule has 0 radical (unpaired) electrons. The zero-order valence-corrected chi connectivity index (χ0v) is 11.2. The Bertz CT molecular complexity index is 347. The summed E-state index contributed by atoms with van der Waals surface area (Å²) in [5.74, 6) is 1.89. The first kappa shape index (κ1) is 12.6. The number of aromatic nitrogens is 2. The average Bonchev–Trinajstić information content (AvgIpc) is 2.63. The highest BCUT2D eigenvalue weighted by molar-refractivity contribution is 4.98. The van der Waals surface area contributed by atoms with Crippen LogP contribution >= 0.6 is 0 Å². The van der Waals surface area contributed by atoms with E-state index in [4.69, 9.17) is 0 Å². The fraction of sp³-hybridized carbons (Fsp3) is 0.769. The fourth-order valence-corrected chi connectivity index (χ4v) is 2.73. The summed E-state index contributed by atoms with van der Waals surface area (Å²) in [5.41, 5.74) is 1.14. The largest absolute Gasteiger partial charge is 0.345 e. The lowest BCUT2D eigenvalue weighted by Gasteiger charge is -2.32. The predicted octanol–water partition coefficient (Wildman–Crippen LogP) is 1.49. The third-order valence-corrected chi connectivity index (χ3v) is 3.47. The van der Waals surface area contributed by atoms with Crippen LogP contribution in [0.3, 0.4) is 0 Å². The minimum Gasteiger partial charge on any atom is -0.345 e. The highest BCUT2D eigenvalue weighted by atomic mass is 15.1. The molecule has 1 aliphatic heterocycles. The van der Waals surface area contributed by atoms with Crippen molar-refractivity contribution in [2.24, 2.45) is 5.92 Å². The van der Waals surface area contributed by atoms with E-state index in [0.717, 1.165) is 24.0 Å². The van der Waals surface area contributed by atoms with Crippen molar-refractivity contribution in [2.45, 2.75) is 26.3 Å². The van der Waals surface area contributed by atoms with Crippen LogP contribution in [0, 0.1) is 12.8 Å². The SMILES string of the molecule is Cc1cnc(CN(C)C[C@@H]2CCCN(C)C2)[nH]1. The molecule has 4 heteroatoms. The normalized spacial score (nSPS) is 22.2. The molecule has 0 aromatic carbocycles.